The maximum absolute atomic E-state index is 10.4. The molecule has 5 heteroatoms. The summed E-state index contributed by atoms with van der Waals surface area (Å²) in [6.07, 6.45) is -0.459. The highest BCUT2D eigenvalue weighted by molar-refractivity contribution is 5.56. The van der Waals surface area contributed by atoms with Crippen LogP contribution in [0.1, 0.15) is 17.0 Å². The summed E-state index contributed by atoms with van der Waals surface area (Å²) in [6, 6.07) is 11.0. The zero-order valence-corrected chi connectivity index (χ0v) is 12.4. The van der Waals surface area contributed by atoms with Gasteiger partial charge in [-0.05, 0) is 24.1 Å². The fraction of sp³-hybridized carbons (Fsp3) is 0.294. The topological polar surface area (TPSA) is 68.2 Å². The molecule has 0 spiro atoms. The zero-order valence-electron chi connectivity index (χ0n) is 12.4. The zero-order chi connectivity index (χ0) is 15.7. The van der Waals surface area contributed by atoms with Gasteiger partial charge >= 0.3 is 0 Å². The van der Waals surface area contributed by atoms with E-state index in [4.69, 9.17) is 14.2 Å². The molecule has 2 N–H and O–H groups in total. The van der Waals surface area contributed by atoms with E-state index in [-0.39, 0.29) is 17.4 Å². The number of hydrogen-bond donors (Lipinski definition) is 2. The van der Waals surface area contributed by atoms with Gasteiger partial charge in [0.2, 0.25) is 12.0 Å². The molecule has 0 fully saturated rings. The summed E-state index contributed by atoms with van der Waals surface area (Å²) in [4.78, 5) is 0. The maximum Gasteiger partial charge on any atom is 0.204 e. The average molecular weight is 302 g/mol. The first-order valence-corrected chi connectivity index (χ1v) is 7.02. The molecule has 0 amide bonds. The molecule has 0 bridgehead atoms. The number of hydrogen-bond acceptors (Lipinski definition) is 5. The number of phenolic OH excluding ortho intramolecular Hbond substituents is 1. The van der Waals surface area contributed by atoms with Crippen molar-refractivity contribution in [1.82, 2.24) is 0 Å². The van der Waals surface area contributed by atoms with E-state index in [1.807, 2.05) is 24.3 Å². The standard InChI is InChI=1S/C17H18O5/c1-20-14-8-7-11(15(18)16(14)21-2)12-9-10-5-3-4-6-13(10)22-17(12)19/h3-8,12,17-19H,9H2,1-2H3. The van der Waals surface area contributed by atoms with Crippen molar-refractivity contribution < 1.29 is 24.4 Å². The molecule has 0 aromatic heterocycles. The van der Waals surface area contributed by atoms with Crippen molar-refractivity contribution in [2.45, 2.75) is 18.6 Å². The summed E-state index contributed by atoms with van der Waals surface area (Å²) < 4.78 is 15.9. The van der Waals surface area contributed by atoms with Crippen molar-refractivity contribution in [1.29, 1.82) is 0 Å². The number of ether oxygens (including phenoxy) is 3. The molecule has 0 radical (unpaired) electrons. The van der Waals surface area contributed by atoms with Crippen LogP contribution in [-0.2, 0) is 6.42 Å². The summed E-state index contributed by atoms with van der Waals surface area (Å²) in [5.41, 5.74) is 1.56. The number of benzene rings is 2. The molecule has 0 saturated carbocycles. The number of para-hydroxylation sites is 1. The van der Waals surface area contributed by atoms with Crippen LogP contribution in [0.4, 0.5) is 0 Å². The van der Waals surface area contributed by atoms with Gasteiger partial charge in [-0.2, -0.15) is 0 Å². The third-order valence-corrected chi connectivity index (χ3v) is 3.95. The maximum atomic E-state index is 10.4. The lowest BCUT2D eigenvalue weighted by Gasteiger charge is -2.31. The van der Waals surface area contributed by atoms with Gasteiger partial charge in [-0.15, -0.1) is 0 Å². The molecule has 0 aliphatic carbocycles. The second-order valence-corrected chi connectivity index (χ2v) is 5.17. The van der Waals surface area contributed by atoms with E-state index >= 15 is 0 Å². The van der Waals surface area contributed by atoms with Gasteiger partial charge < -0.3 is 24.4 Å². The SMILES string of the molecule is COc1ccc(C2Cc3ccccc3OC2O)c(O)c1OC. The predicted molar refractivity (Wildman–Crippen MR) is 80.7 cm³/mol. The third-order valence-electron chi connectivity index (χ3n) is 3.95. The number of aromatic hydroxyl groups is 1. The molecule has 22 heavy (non-hydrogen) atoms. The van der Waals surface area contributed by atoms with E-state index in [1.165, 1.54) is 14.2 Å². The quantitative estimate of drug-likeness (QED) is 0.911. The Kier molecular flexibility index (Phi) is 3.81. The van der Waals surface area contributed by atoms with Crippen LogP contribution in [-0.4, -0.2) is 30.7 Å². The van der Waals surface area contributed by atoms with Crippen molar-refractivity contribution in [3.8, 4) is 23.0 Å². The van der Waals surface area contributed by atoms with Crippen LogP contribution >= 0.6 is 0 Å². The van der Waals surface area contributed by atoms with Gasteiger partial charge in [-0.1, -0.05) is 24.3 Å². The molecule has 2 aromatic carbocycles. The molecule has 2 unspecified atom stereocenters. The van der Waals surface area contributed by atoms with Crippen LogP contribution in [0.2, 0.25) is 0 Å². The Morgan fingerprint density at radius 1 is 1.09 bits per heavy atom. The van der Waals surface area contributed by atoms with Gasteiger partial charge in [-0.3, -0.25) is 0 Å². The molecular weight excluding hydrogens is 284 g/mol. The molecule has 0 saturated heterocycles. The van der Waals surface area contributed by atoms with Crippen LogP contribution in [0.25, 0.3) is 0 Å². The normalized spacial score (nSPS) is 20.0. The number of phenols is 1. The van der Waals surface area contributed by atoms with Gasteiger partial charge in [0.25, 0.3) is 0 Å². The van der Waals surface area contributed by atoms with E-state index in [0.29, 0.717) is 23.5 Å². The Labute approximate surface area is 128 Å². The Balaban J connectivity index is 2.01. The van der Waals surface area contributed by atoms with Crippen LogP contribution in [0, 0.1) is 0 Å². The molecule has 2 aromatic rings. The highest BCUT2D eigenvalue weighted by Gasteiger charge is 2.32. The summed E-state index contributed by atoms with van der Waals surface area (Å²) in [5.74, 6) is 0.955. The Morgan fingerprint density at radius 3 is 2.59 bits per heavy atom. The number of rotatable bonds is 3. The minimum atomic E-state index is -1.03. The second-order valence-electron chi connectivity index (χ2n) is 5.17. The second kappa shape index (κ2) is 5.77. The molecule has 116 valence electrons. The molecule has 1 aliphatic heterocycles. The fourth-order valence-electron chi connectivity index (χ4n) is 2.83. The third kappa shape index (κ3) is 2.33. The Hall–Kier alpha value is -2.40. The largest absolute Gasteiger partial charge is 0.504 e. The van der Waals surface area contributed by atoms with E-state index < -0.39 is 6.29 Å². The van der Waals surface area contributed by atoms with E-state index in [9.17, 15) is 10.2 Å². The van der Waals surface area contributed by atoms with Crippen molar-refractivity contribution in [2.24, 2.45) is 0 Å². The van der Waals surface area contributed by atoms with Crippen LogP contribution in [0.5, 0.6) is 23.0 Å². The van der Waals surface area contributed by atoms with Crippen LogP contribution in [0.3, 0.4) is 0 Å². The van der Waals surface area contributed by atoms with Crippen molar-refractivity contribution in [3.05, 3.63) is 47.5 Å². The molecule has 2 atom stereocenters. The summed E-state index contributed by atoms with van der Waals surface area (Å²) in [7, 11) is 2.97. The number of aliphatic hydroxyl groups excluding tert-OH is 1. The van der Waals surface area contributed by atoms with E-state index in [2.05, 4.69) is 0 Å². The highest BCUT2D eigenvalue weighted by atomic mass is 16.6. The smallest absolute Gasteiger partial charge is 0.204 e. The van der Waals surface area contributed by atoms with Gasteiger partial charge in [0.1, 0.15) is 5.75 Å². The lowest BCUT2D eigenvalue weighted by molar-refractivity contribution is -0.0485. The summed E-state index contributed by atoms with van der Waals surface area (Å²) in [6.45, 7) is 0. The molecule has 1 aliphatic rings. The minimum absolute atomic E-state index is 0.0334. The van der Waals surface area contributed by atoms with E-state index in [0.717, 1.165) is 5.56 Å². The van der Waals surface area contributed by atoms with Crippen molar-refractivity contribution >= 4 is 0 Å². The van der Waals surface area contributed by atoms with E-state index in [1.54, 1.807) is 12.1 Å². The van der Waals surface area contributed by atoms with Gasteiger partial charge in [0, 0.05) is 5.56 Å². The molecular formula is C17H18O5. The van der Waals surface area contributed by atoms with Gasteiger partial charge in [0.05, 0.1) is 20.1 Å². The molecule has 5 nitrogen and oxygen atoms in total. The fourth-order valence-corrected chi connectivity index (χ4v) is 2.83. The monoisotopic (exact) mass is 302 g/mol. The first-order valence-electron chi connectivity index (χ1n) is 7.02. The minimum Gasteiger partial charge on any atom is -0.504 e. The number of aliphatic hydroxyl groups is 1. The Morgan fingerprint density at radius 2 is 1.86 bits per heavy atom. The van der Waals surface area contributed by atoms with Crippen molar-refractivity contribution in [3.63, 3.8) is 0 Å². The van der Waals surface area contributed by atoms with Crippen LogP contribution < -0.4 is 14.2 Å². The van der Waals surface area contributed by atoms with Gasteiger partial charge in [0.15, 0.2) is 11.5 Å². The molecule has 1 heterocycles. The first-order chi connectivity index (χ1) is 10.7. The van der Waals surface area contributed by atoms with Crippen LogP contribution in [0.15, 0.2) is 36.4 Å². The highest BCUT2D eigenvalue weighted by Crippen LogP contribution is 2.45. The summed E-state index contributed by atoms with van der Waals surface area (Å²) in [5, 5.41) is 20.7. The van der Waals surface area contributed by atoms with Crippen molar-refractivity contribution in [2.75, 3.05) is 14.2 Å². The molecule has 3 rings (SSSR count). The van der Waals surface area contributed by atoms with Gasteiger partial charge in [-0.25, -0.2) is 0 Å². The lowest BCUT2D eigenvalue weighted by atomic mass is 9.88. The first kappa shape index (κ1) is 14.5. The Bertz CT molecular complexity index is 683. The lowest BCUT2D eigenvalue weighted by Crippen LogP contribution is -2.31. The summed E-state index contributed by atoms with van der Waals surface area (Å²) >= 11 is 0. The predicted octanol–water partition coefficient (Wildman–Crippen LogP) is 2.45. The number of methoxy groups -OCH3 is 2. The average Bonchev–Trinajstić information content (AvgIpc) is 2.54. The number of fused-ring (bicyclic) bond motifs is 1.